The van der Waals surface area contributed by atoms with Crippen molar-refractivity contribution in [2.45, 2.75) is 47.1 Å². The van der Waals surface area contributed by atoms with E-state index in [0.717, 1.165) is 24.3 Å². The van der Waals surface area contributed by atoms with Gasteiger partial charge in [-0.3, -0.25) is 0 Å². The lowest BCUT2D eigenvalue weighted by Crippen LogP contribution is -2.43. The molecule has 1 heterocycles. The summed E-state index contributed by atoms with van der Waals surface area (Å²) in [7, 11) is 0. The highest BCUT2D eigenvalue weighted by molar-refractivity contribution is 4.82. The summed E-state index contributed by atoms with van der Waals surface area (Å²) in [5, 5.41) is 3.61. The summed E-state index contributed by atoms with van der Waals surface area (Å²) >= 11 is 0. The smallest absolute Gasteiger partial charge is 0.0217 e. The van der Waals surface area contributed by atoms with Crippen LogP contribution in [0.4, 0.5) is 0 Å². The maximum atomic E-state index is 3.61. The molecule has 0 aromatic heterocycles. The van der Waals surface area contributed by atoms with Crippen LogP contribution in [0, 0.1) is 17.8 Å². The van der Waals surface area contributed by atoms with Gasteiger partial charge in [-0.15, -0.1) is 0 Å². The van der Waals surface area contributed by atoms with Crippen LogP contribution in [-0.4, -0.2) is 37.1 Å². The molecule has 0 aliphatic carbocycles. The Bertz CT molecular complexity index is 189. The fourth-order valence-electron chi connectivity index (χ4n) is 2.62. The van der Waals surface area contributed by atoms with E-state index in [2.05, 4.69) is 44.8 Å². The molecule has 2 heteroatoms. The molecule has 1 rings (SSSR count). The zero-order valence-electron chi connectivity index (χ0n) is 11.8. The molecule has 16 heavy (non-hydrogen) atoms. The molecule has 0 amide bonds. The Morgan fingerprint density at radius 3 is 2.38 bits per heavy atom. The van der Waals surface area contributed by atoms with Gasteiger partial charge in [0, 0.05) is 19.1 Å². The second kappa shape index (κ2) is 6.61. The van der Waals surface area contributed by atoms with Crippen LogP contribution in [0.3, 0.4) is 0 Å². The Kier molecular flexibility index (Phi) is 5.77. The van der Waals surface area contributed by atoms with Crippen LogP contribution in [0.5, 0.6) is 0 Å². The van der Waals surface area contributed by atoms with Crippen molar-refractivity contribution in [2.75, 3.05) is 26.2 Å². The second-order valence-electron chi connectivity index (χ2n) is 5.96. The third-order valence-corrected chi connectivity index (χ3v) is 3.98. The molecule has 0 bridgehead atoms. The Morgan fingerprint density at radius 2 is 1.94 bits per heavy atom. The number of hydrogen-bond acceptors (Lipinski definition) is 2. The van der Waals surface area contributed by atoms with E-state index < -0.39 is 0 Å². The molecule has 0 saturated carbocycles. The molecule has 2 nitrogen and oxygen atoms in total. The number of nitrogens with one attached hydrogen (secondary N) is 1. The van der Waals surface area contributed by atoms with Crippen molar-refractivity contribution in [2.24, 2.45) is 17.8 Å². The molecule has 2 atom stereocenters. The SMILES string of the molecule is CCNC(CN1CCC(C(C)C)C1)C(C)C. The Balaban J connectivity index is 2.36. The molecule has 0 aromatic rings. The van der Waals surface area contributed by atoms with Gasteiger partial charge in [-0.25, -0.2) is 0 Å². The largest absolute Gasteiger partial charge is 0.313 e. The first-order valence-electron chi connectivity index (χ1n) is 7.00. The quantitative estimate of drug-likeness (QED) is 0.749. The van der Waals surface area contributed by atoms with E-state index in [4.69, 9.17) is 0 Å². The molecular formula is C14H30N2. The predicted molar refractivity (Wildman–Crippen MR) is 71.7 cm³/mol. The Hall–Kier alpha value is -0.0800. The van der Waals surface area contributed by atoms with Crippen LogP contribution in [0.25, 0.3) is 0 Å². The van der Waals surface area contributed by atoms with Gasteiger partial charge in [-0.05, 0) is 37.3 Å². The van der Waals surface area contributed by atoms with Gasteiger partial charge < -0.3 is 10.2 Å². The molecule has 2 unspecified atom stereocenters. The summed E-state index contributed by atoms with van der Waals surface area (Å²) in [5.74, 6) is 2.51. The van der Waals surface area contributed by atoms with Gasteiger partial charge in [0.2, 0.25) is 0 Å². The fourth-order valence-corrected chi connectivity index (χ4v) is 2.62. The molecule has 0 spiro atoms. The fraction of sp³-hybridized carbons (Fsp3) is 1.00. The van der Waals surface area contributed by atoms with E-state index >= 15 is 0 Å². The first-order valence-corrected chi connectivity index (χ1v) is 7.00. The van der Waals surface area contributed by atoms with Gasteiger partial charge in [0.15, 0.2) is 0 Å². The maximum Gasteiger partial charge on any atom is 0.0217 e. The van der Waals surface area contributed by atoms with Gasteiger partial charge >= 0.3 is 0 Å². The van der Waals surface area contributed by atoms with Crippen LogP contribution in [-0.2, 0) is 0 Å². The van der Waals surface area contributed by atoms with E-state index in [0.29, 0.717) is 6.04 Å². The predicted octanol–water partition coefficient (Wildman–Crippen LogP) is 2.60. The molecule has 0 radical (unpaired) electrons. The molecular weight excluding hydrogens is 196 g/mol. The van der Waals surface area contributed by atoms with Gasteiger partial charge in [0.1, 0.15) is 0 Å². The summed E-state index contributed by atoms with van der Waals surface area (Å²) in [6.45, 7) is 16.5. The van der Waals surface area contributed by atoms with E-state index in [1.807, 2.05) is 0 Å². The third-order valence-electron chi connectivity index (χ3n) is 3.98. The van der Waals surface area contributed by atoms with Crippen molar-refractivity contribution in [1.82, 2.24) is 10.2 Å². The van der Waals surface area contributed by atoms with Crippen LogP contribution in [0.2, 0.25) is 0 Å². The average molecular weight is 226 g/mol. The van der Waals surface area contributed by atoms with Crippen molar-refractivity contribution >= 4 is 0 Å². The molecule has 1 aliphatic heterocycles. The third kappa shape index (κ3) is 4.06. The van der Waals surface area contributed by atoms with Gasteiger partial charge in [0.05, 0.1) is 0 Å². The van der Waals surface area contributed by atoms with Crippen molar-refractivity contribution in [3.63, 3.8) is 0 Å². The van der Waals surface area contributed by atoms with Crippen molar-refractivity contribution in [1.29, 1.82) is 0 Å². The summed E-state index contributed by atoms with van der Waals surface area (Å²) in [4.78, 5) is 2.65. The number of rotatable bonds is 6. The number of nitrogens with zero attached hydrogens (tertiary/aromatic N) is 1. The van der Waals surface area contributed by atoms with E-state index in [9.17, 15) is 0 Å². The zero-order chi connectivity index (χ0) is 12.1. The first-order chi connectivity index (χ1) is 7.54. The Labute approximate surface area is 102 Å². The lowest BCUT2D eigenvalue weighted by Gasteiger charge is -2.27. The van der Waals surface area contributed by atoms with Gasteiger partial charge in [0.25, 0.3) is 0 Å². The number of likely N-dealkylation sites (tertiary alicyclic amines) is 1. The average Bonchev–Trinajstić information content (AvgIpc) is 2.65. The van der Waals surface area contributed by atoms with E-state index in [1.54, 1.807) is 0 Å². The number of hydrogen-bond donors (Lipinski definition) is 1. The van der Waals surface area contributed by atoms with Crippen molar-refractivity contribution < 1.29 is 0 Å². The summed E-state index contributed by atoms with van der Waals surface area (Å²) in [6.07, 6.45) is 1.40. The van der Waals surface area contributed by atoms with E-state index in [-0.39, 0.29) is 0 Å². The number of likely N-dealkylation sites (N-methyl/N-ethyl adjacent to an activating group) is 1. The second-order valence-corrected chi connectivity index (χ2v) is 5.96. The Morgan fingerprint density at radius 1 is 1.25 bits per heavy atom. The molecule has 1 fully saturated rings. The standard InChI is InChI=1S/C14H30N2/c1-6-15-14(12(4)5)10-16-8-7-13(9-16)11(2)3/h11-15H,6-10H2,1-5H3. The van der Waals surface area contributed by atoms with E-state index in [1.165, 1.54) is 26.1 Å². The molecule has 0 aromatic carbocycles. The highest BCUT2D eigenvalue weighted by Crippen LogP contribution is 2.24. The van der Waals surface area contributed by atoms with Crippen LogP contribution < -0.4 is 5.32 Å². The minimum absolute atomic E-state index is 0.663. The van der Waals surface area contributed by atoms with Crippen LogP contribution in [0.15, 0.2) is 0 Å². The molecule has 1 saturated heterocycles. The first kappa shape index (κ1) is 14.0. The minimum atomic E-state index is 0.663. The topological polar surface area (TPSA) is 15.3 Å². The summed E-state index contributed by atoms with van der Waals surface area (Å²) in [6, 6.07) is 0.663. The van der Waals surface area contributed by atoms with Crippen molar-refractivity contribution in [3.8, 4) is 0 Å². The normalized spacial score (nSPS) is 24.6. The van der Waals surface area contributed by atoms with Gasteiger partial charge in [-0.1, -0.05) is 34.6 Å². The molecule has 96 valence electrons. The monoisotopic (exact) mass is 226 g/mol. The lowest BCUT2D eigenvalue weighted by atomic mass is 9.95. The van der Waals surface area contributed by atoms with Gasteiger partial charge in [-0.2, -0.15) is 0 Å². The van der Waals surface area contributed by atoms with Crippen molar-refractivity contribution in [3.05, 3.63) is 0 Å². The summed E-state index contributed by atoms with van der Waals surface area (Å²) < 4.78 is 0. The lowest BCUT2D eigenvalue weighted by molar-refractivity contribution is 0.242. The maximum absolute atomic E-state index is 3.61. The highest BCUT2D eigenvalue weighted by atomic mass is 15.2. The van der Waals surface area contributed by atoms with Crippen LogP contribution >= 0.6 is 0 Å². The highest BCUT2D eigenvalue weighted by Gasteiger charge is 2.26. The summed E-state index contributed by atoms with van der Waals surface area (Å²) in [5.41, 5.74) is 0. The van der Waals surface area contributed by atoms with Crippen LogP contribution in [0.1, 0.15) is 41.0 Å². The molecule has 1 N–H and O–H groups in total. The minimum Gasteiger partial charge on any atom is -0.313 e. The zero-order valence-corrected chi connectivity index (χ0v) is 11.8. The molecule has 1 aliphatic rings.